The van der Waals surface area contributed by atoms with Gasteiger partial charge in [0.1, 0.15) is 12.4 Å². The van der Waals surface area contributed by atoms with Crippen LogP contribution in [0.3, 0.4) is 0 Å². The van der Waals surface area contributed by atoms with Gasteiger partial charge >= 0.3 is 0 Å². The second kappa shape index (κ2) is 6.34. The molecular formula is C14H19BrO3. The van der Waals surface area contributed by atoms with Gasteiger partial charge in [0.05, 0.1) is 12.2 Å². The molecule has 0 saturated heterocycles. The highest BCUT2D eigenvalue weighted by Gasteiger charge is 2.10. The number of benzene rings is 1. The summed E-state index contributed by atoms with van der Waals surface area (Å²) in [5, 5.41) is 0. The normalized spacial score (nSPS) is 11.4. The summed E-state index contributed by atoms with van der Waals surface area (Å²) in [6.45, 7) is 8.58. The molecule has 0 heterocycles. The van der Waals surface area contributed by atoms with Crippen molar-refractivity contribution in [1.29, 1.82) is 0 Å². The highest BCUT2D eigenvalue weighted by atomic mass is 79.9. The summed E-state index contributed by atoms with van der Waals surface area (Å²) in [6.07, 6.45) is 0. The minimum atomic E-state index is -0.150. The standard InChI is InChI=1S/C14H19BrO3/c1-10(16)12-6-5-11(9-13(12)15)17-7-8-18-14(2,3)4/h5-6,9H,7-8H2,1-4H3. The number of halogens is 1. The van der Waals surface area contributed by atoms with Crippen LogP contribution in [0.5, 0.6) is 5.75 Å². The van der Waals surface area contributed by atoms with Gasteiger partial charge < -0.3 is 9.47 Å². The van der Waals surface area contributed by atoms with Crippen LogP contribution in [0.25, 0.3) is 0 Å². The number of carbonyl (C=O) groups excluding carboxylic acids is 1. The fourth-order valence-corrected chi connectivity index (χ4v) is 2.02. The predicted molar refractivity (Wildman–Crippen MR) is 75.3 cm³/mol. The molecule has 0 aliphatic carbocycles. The molecule has 0 aliphatic heterocycles. The lowest BCUT2D eigenvalue weighted by atomic mass is 10.1. The molecule has 0 aliphatic rings. The Balaban J connectivity index is 2.49. The van der Waals surface area contributed by atoms with Crippen molar-refractivity contribution in [1.82, 2.24) is 0 Å². The van der Waals surface area contributed by atoms with Crippen molar-refractivity contribution in [3.05, 3.63) is 28.2 Å². The zero-order chi connectivity index (χ0) is 13.8. The molecule has 0 amide bonds. The van der Waals surface area contributed by atoms with E-state index >= 15 is 0 Å². The third kappa shape index (κ3) is 5.19. The maximum absolute atomic E-state index is 11.3. The molecule has 1 aromatic carbocycles. The number of Topliss-reactive ketones (excluding diaryl/α,β-unsaturated/α-hetero) is 1. The Morgan fingerprint density at radius 1 is 1.28 bits per heavy atom. The monoisotopic (exact) mass is 314 g/mol. The molecule has 1 aromatic rings. The van der Waals surface area contributed by atoms with Gasteiger partial charge in [0.25, 0.3) is 0 Å². The molecule has 0 unspecified atom stereocenters. The third-order valence-electron chi connectivity index (χ3n) is 2.21. The lowest BCUT2D eigenvalue weighted by Crippen LogP contribution is -2.22. The zero-order valence-corrected chi connectivity index (χ0v) is 12.8. The molecule has 0 bridgehead atoms. The lowest BCUT2D eigenvalue weighted by molar-refractivity contribution is -0.0163. The Bertz CT molecular complexity index is 422. The first kappa shape index (κ1) is 15.2. The first-order valence-corrected chi connectivity index (χ1v) is 6.66. The van der Waals surface area contributed by atoms with E-state index in [2.05, 4.69) is 15.9 Å². The van der Waals surface area contributed by atoms with Crippen molar-refractivity contribution < 1.29 is 14.3 Å². The van der Waals surface area contributed by atoms with Crippen molar-refractivity contribution in [2.45, 2.75) is 33.3 Å². The van der Waals surface area contributed by atoms with Crippen molar-refractivity contribution in [3.8, 4) is 5.75 Å². The highest BCUT2D eigenvalue weighted by molar-refractivity contribution is 9.10. The van der Waals surface area contributed by atoms with Crippen LogP contribution in [0.2, 0.25) is 0 Å². The molecule has 0 atom stereocenters. The number of hydrogen-bond donors (Lipinski definition) is 0. The predicted octanol–water partition coefficient (Wildman–Crippen LogP) is 3.85. The Labute approximate surface area is 117 Å². The van der Waals surface area contributed by atoms with Gasteiger partial charge in [-0.25, -0.2) is 0 Å². The average Bonchev–Trinajstić information content (AvgIpc) is 2.22. The van der Waals surface area contributed by atoms with Crippen LogP contribution in [-0.2, 0) is 4.74 Å². The van der Waals surface area contributed by atoms with Crippen LogP contribution in [0.4, 0.5) is 0 Å². The SMILES string of the molecule is CC(=O)c1ccc(OCCOC(C)(C)C)cc1Br. The molecule has 0 fully saturated rings. The fourth-order valence-electron chi connectivity index (χ4n) is 1.38. The van der Waals surface area contributed by atoms with Crippen molar-refractivity contribution in [2.24, 2.45) is 0 Å². The van der Waals surface area contributed by atoms with E-state index in [0.29, 0.717) is 18.8 Å². The van der Waals surface area contributed by atoms with Gasteiger partial charge in [0, 0.05) is 10.0 Å². The van der Waals surface area contributed by atoms with Gasteiger partial charge in [-0.15, -0.1) is 0 Å². The van der Waals surface area contributed by atoms with E-state index in [1.807, 2.05) is 20.8 Å². The topological polar surface area (TPSA) is 35.5 Å². The quantitative estimate of drug-likeness (QED) is 0.612. The fraction of sp³-hybridized carbons (Fsp3) is 0.500. The molecule has 1 rings (SSSR count). The van der Waals surface area contributed by atoms with Crippen LogP contribution in [0.15, 0.2) is 22.7 Å². The van der Waals surface area contributed by atoms with Gasteiger partial charge in [-0.3, -0.25) is 4.79 Å². The van der Waals surface area contributed by atoms with Crippen LogP contribution >= 0.6 is 15.9 Å². The van der Waals surface area contributed by atoms with Crippen molar-refractivity contribution in [2.75, 3.05) is 13.2 Å². The van der Waals surface area contributed by atoms with E-state index < -0.39 is 0 Å². The second-order valence-electron chi connectivity index (χ2n) is 5.01. The summed E-state index contributed by atoms with van der Waals surface area (Å²) in [6, 6.07) is 5.35. The lowest BCUT2D eigenvalue weighted by Gasteiger charge is -2.19. The molecular weight excluding hydrogens is 296 g/mol. The molecule has 4 heteroatoms. The molecule has 3 nitrogen and oxygen atoms in total. The molecule has 100 valence electrons. The first-order valence-electron chi connectivity index (χ1n) is 5.87. The molecule has 18 heavy (non-hydrogen) atoms. The summed E-state index contributed by atoms with van der Waals surface area (Å²) >= 11 is 3.36. The summed E-state index contributed by atoms with van der Waals surface area (Å²) < 4.78 is 11.9. The molecule has 0 saturated carbocycles. The molecule has 0 aromatic heterocycles. The number of carbonyl (C=O) groups is 1. The Morgan fingerprint density at radius 3 is 2.44 bits per heavy atom. The number of hydrogen-bond acceptors (Lipinski definition) is 3. The number of rotatable bonds is 5. The maximum atomic E-state index is 11.3. The molecule has 0 radical (unpaired) electrons. The van der Waals surface area contributed by atoms with Crippen LogP contribution in [0, 0.1) is 0 Å². The summed E-state index contributed by atoms with van der Waals surface area (Å²) in [5.74, 6) is 0.758. The highest BCUT2D eigenvalue weighted by Crippen LogP contribution is 2.23. The first-order chi connectivity index (χ1) is 8.29. The van der Waals surface area contributed by atoms with Gasteiger partial charge in [-0.1, -0.05) is 0 Å². The Kier molecular flexibility index (Phi) is 5.35. The average molecular weight is 315 g/mol. The minimum absolute atomic E-state index is 0.0319. The van der Waals surface area contributed by atoms with E-state index in [1.54, 1.807) is 18.2 Å². The van der Waals surface area contributed by atoms with Gasteiger partial charge in [0.15, 0.2) is 5.78 Å². The van der Waals surface area contributed by atoms with E-state index in [4.69, 9.17) is 9.47 Å². The maximum Gasteiger partial charge on any atom is 0.160 e. The summed E-state index contributed by atoms with van der Waals surface area (Å²) in [7, 11) is 0. The second-order valence-corrected chi connectivity index (χ2v) is 5.86. The minimum Gasteiger partial charge on any atom is -0.491 e. The van der Waals surface area contributed by atoms with Gasteiger partial charge in [0.2, 0.25) is 0 Å². The van der Waals surface area contributed by atoms with Crippen LogP contribution in [0.1, 0.15) is 38.1 Å². The van der Waals surface area contributed by atoms with E-state index in [-0.39, 0.29) is 11.4 Å². The number of ketones is 1. The third-order valence-corrected chi connectivity index (χ3v) is 2.86. The van der Waals surface area contributed by atoms with Crippen molar-refractivity contribution >= 4 is 21.7 Å². The Hall–Kier alpha value is -0.870. The smallest absolute Gasteiger partial charge is 0.160 e. The number of ether oxygens (including phenoxy) is 2. The van der Waals surface area contributed by atoms with E-state index in [1.165, 1.54) is 6.92 Å². The van der Waals surface area contributed by atoms with Crippen LogP contribution < -0.4 is 4.74 Å². The summed E-state index contributed by atoms with van der Waals surface area (Å²) in [4.78, 5) is 11.3. The van der Waals surface area contributed by atoms with Gasteiger partial charge in [-0.2, -0.15) is 0 Å². The molecule has 0 spiro atoms. The zero-order valence-electron chi connectivity index (χ0n) is 11.2. The van der Waals surface area contributed by atoms with Gasteiger partial charge in [-0.05, 0) is 61.8 Å². The van der Waals surface area contributed by atoms with Crippen LogP contribution in [-0.4, -0.2) is 24.6 Å². The van der Waals surface area contributed by atoms with E-state index in [9.17, 15) is 4.79 Å². The van der Waals surface area contributed by atoms with Crippen molar-refractivity contribution in [3.63, 3.8) is 0 Å². The Morgan fingerprint density at radius 2 is 1.94 bits per heavy atom. The largest absolute Gasteiger partial charge is 0.491 e. The van der Waals surface area contributed by atoms with E-state index in [0.717, 1.165) is 10.2 Å². The molecule has 0 N–H and O–H groups in total. The summed E-state index contributed by atoms with van der Waals surface area (Å²) in [5.41, 5.74) is 0.510.